The number of nitrogens with zero attached hydrogens (tertiary/aromatic N) is 1. The Morgan fingerprint density at radius 1 is 1.23 bits per heavy atom. The molecule has 0 aromatic rings. The molecular formula is C21H37NO3Si. The van der Waals surface area contributed by atoms with Crippen molar-refractivity contribution in [1.82, 2.24) is 4.90 Å². The summed E-state index contributed by atoms with van der Waals surface area (Å²) in [6.45, 7) is 16.3. The third-order valence-electron chi connectivity index (χ3n) is 5.93. The van der Waals surface area contributed by atoms with Crippen molar-refractivity contribution in [2.24, 2.45) is 5.92 Å². The van der Waals surface area contributed by atoms with Gasteiger partial charge in [-0.2, -0.15) is 0 Å². The van der Waals surface area contributed by atoms with Gasteiger partial charge in [-0.25, -0.2) is 4.79 Å². The summed E-state index contributed by atoms with van der Waals surface area (Å²) in [4.78, 5) is 14.3. The molecule has 4 nitrogen and oxygen atoms in total. The highest BCUT2D eigenvalue weighted by atomic mass is 28.4. The van der Waals surface area contributed by atoms with Gasteiger partial charge < -0.3 is 14.1 Å². The molecule has 0 aromatic heterocycles. The number of hydrogen-bond donors (Lipinski definition) is 0. The molecular weight excluding hydrogens is 342 g/mol. The molecule has 1 atom stereocenters. The number of carbonyl (C=O) groups excluding carboxylic acids is 1. The van der Waals surface area contributed by atoms with Gasteiger partial charge in [-0.3, -0.25) is 0 Å². The van der Waals surface area contributed by atoms with Crippen LogP contribution >= 0.6 is 0 Å². The molecule has 1 fully saturated rings. The van der Waals surface area contributed by atoms with Gasteiger partial charge in [0.2, 0.25) is 8.32 Å². The molecule has 5 heteroatoms. The van der Waals surface area contributed by atoms with E-state index in [1.807, 2.05) is 25.7 Å². The van der Waals surface area contributed by atoms with Crippen molar-refractivity contribution < 1.29 is 14.0 Å². The first-order valence-corrected chi connectivity index (χ1v) is 12.7. The number of carbonyl (C=O) groups is 1. The third-order valence-corrected chi connectivity index (χ3v) is 10.5. The van der Waals surface area contributed by atoms with Crippen molar-refractivity contribution in [1.29, 1.82) is 0 Å². The van der Waals surface area contributed by atoms with Crippen molar-refractivity contribution in [3.05, 3.63) is 23.0 Å². The van der Waals surface area contributed by atoms with E-state index in [2.05, 4.69) is 33.8 Å². The minimum Gasteiger partial charge on any atom is -0.544 e. The monoisotopic (exact) mass is 379 g/mol. The molecule has 2 aliphatic rings. The lowest BCUT2D eigenvalue weighted by molar-refractivity contribution is 0.0201. The summed E-state index contributed by atoms with van der Waals surface area (Å²) < 4.78 is 12.2. The second-order valence-electron chi connectivity index (χ2n) is 8.67. The summed E-state index contributed by atoms with van der Waals surface area (Å²) in [5, 5.41) is 0. The van der Waals surface area contributed by atoms with Crippen molar-refractivity contribution in [3.8, 4) is 0 Å². The highest BCUT2D eigenvalue weighted by Gasteiger charge is 2.36. The highest BCUT2D eigenvalue weighted by molar-refractivity contribution is 6.73. The predicted molar refractivity (Wildman–Crippen MR) is 110 cm³/mol. The summed E-state index contributed by atoms with van der Waals surface area (Å²) in [6, 6.07) is 3.49. The number of fused-ring (bicyclic) bond motifs is 1. The molecule has 1 aliphatic carbocycles. The Hall–Kier alpha value is -1.23. The molecule has 0 radical (unpaired) electrons. The van der Waals surface area contributed by atoms with Crippen LogP contribution in [0, 0.1) is 5.92 Å². The number of piperidine rings is 1. The van der Waals surface area contributed by atoms with Crippen LogP contribution in [0.2, 0.25) is 18.1 Å². The van der Waals surface area contributed by atoms with E-state index in [0.29, 0.717) is 5.92 Å². The fourth-order valence-corrected chi connectivity index (χ4v) is 6.64. The van der Waals surface area contributed by atoms with E-state index < -0.39 is 13.9 Å². The van der Waals surface area contributed by atoms with Crippen molar-refractivity contribution in [2.75, 3.05) is 13.1 Å². The first-order valence-electron chi connectivity index (χ1n) is 10.2. The van der Waals surface area contributed by atoms with Crippen LogP contribution in [-0.2, 0) is 9.16 Å². The van der Waals surface area contributed by atoms with Crippen LogP contribution in [0.4, 0.5) is 4.79 Å². The van der Waals surface area contributed by atoms with E-state index >= 15 is 0 Å². The maximum Gasteiger partial charge on any atom is 0.410 e. The van der Waals surface area contributed by atoms with Crippen LogP contribution in [0.1, 0.15) is 61.3 Å². The maximum atomic E-state index is 12.4. The van der Waals surface area contributed by atoms with Crippen LogP contribution in [0.15, 0.2) is 23.0 Å². The molecule has 26 heavy (non-hydrogen) atoms. The second-order valence-corrected chi connectivity index (χ2v) is 13.4. The Labute approximate surface area is 160 Å². The average molecular weight is 380 g/mol. The molecule has 1 heterocycles. The minimum absolute atomic E-state index is 0.186. The quantitative estimate of drug-likeness (QED) is 0.561. The molecule has 0 spiro atoms. The lowest BCUT2D eigenvalue weighted by Gasteiger charge is -2.40. The lowest BCUT2D eigenvalue weighted by atomic mass is 9.82. The summed E-state index contributed by atoms with van der Waals surface area (Å²) in [6.07, 6.45) is 3.97. The Morgan fingerprint density at radius 2 is 1.85 bits per heavy atom. The maximum absolute atomic E-state index is 12.4. The molecule has 1 aliphatic heterocycles. The van der Waals surface area contributed by atoms with Gasteiger partial charge in [-0.15, -0.1) is 0 Å². The first kappa shape index (κ1) is 21.1. The second kappa shape index (κ2) is 8.20. The topological polar surface area (TPSA) is 38.8 Å². The van der Waals surface area contributed by atoms with Crippen molar-refractivity contribution in [3.63, 3.8) is 0 Å². The number of rotatable bonds is 5. The number of likely N-dealkylation sites (tertiary alicyclic amines) is 1. The van der Waals surface area contributed by atoms with Crippen molar-refractivity contribution >= 4 is 14.4 Å². The van der Waals surface area contributed by atoms with Gasteiger partial charge in [0.1, 0.15) is 11.4 Å². The molecule has 2 rings (SSSR count). The SMILES string of the molecule is CC[Si](CC)(CC)OC1=CCC2CN(C(=O)OC(C)(C)C)CCC2=C1C. The normalized spacial score (nSPS) is 21.3. The zero-order valence-electron chi connectivity index (χ0n) is 17.8. The Kier molecular flexibility index (Phi) is 6.64. The summed E-state index contributed by atoms with van der Waals surface area (Å²) >= 11 is 0. The van der Waals surface area contributed by atoms with Gasteiger partial charge >= 0.3 is 6.09 Å². The predicted octanol–water partition coefficient (Wildman–Crippen LogP) is 5.87. The molecule has 1 unspecified atom stereocenters. The van der Waals surface area contributed by atoms with E-state index in [9.17, 15) is 4.79 Å². The first-order chi connectivity index (χ1) is 12.1. The number of allylic oxidation sites excluding steroid dienone is 2. The van der Waals surface area contributed by atoms with Crippen molar-refractivity contribution in [2.45, 2.75) is 85.0 Å². The van der Waals surface area contributed by atoms with Gasteiger partial charge in [-0.05, 0) is 70.3 Å². The average Bonchev–Trinajstić information content (AvgIpc) is 2.60. The largest absolute Gasteiger partial charge is 0.544 e. The van der Waals surface area contributed by atoms with Crippen LogP contribution in [0.25, 0.3) is 0 Å². The zero-order chi connectivity index (χ0) is 19.5. The van der Waals surface area contributed by atoms with Gasteiger partial charge in [0.25, 0.3) is 0 Å². The molecule has 0 aromatic carbocycles. The van der Waals surface area contributed by atoms with Crippen LogP contribution in [-0.4, -0.2) is 38.0 Å². The van der Waals surface area contributed by atoms with E-state index in [0.717, 1.165) is 49.8 Å². The summed E-state index contributed by atoms with van der Waals surface area (Å²) in [7, 11) is -1.65. The summed E-state index contributed by atoms with van der Waals surface area (Å²) in [5.41, 5.74) is 2.36. The standard InChI is InChI=1S/C21H37NO3Si/c1-8-26(9-2,10-3)25-19-12-11-17-15-22(14-13-18(17)16(19)4)20(23)24-21(5,6)7/h12,17H,8-11,13-15H2,1-7H3. The van der Waals surface area contributed by atoms with E-state index in [-0.39, 0.29) is 6.09 Å². The van der Waals surface area contributed by atoms with E-state index in [1.165, 1.54) is 11.1 Å². The highest BCUT2D eigenvalue weighted by Crippen LogP contribution is 2.38. The fourth-order valence-electron chi connectivity index (χ4n) is 4.01. The zero-order valence-corrected chi connectivity index (χ0v) is 18.8. The fraction of sp³-hybridized carbons (Fsp3) is 0.762. The van der Waals surface area contributed by atoms with Gasteiger partial charge in [-0.1, -0.05) is 26.3 Å². The Morgan fingerprint density at radius 3 is 2.38 bits per heavy atom. The van der Waals surface area contributed by atoms with Gasteiger partial charge in [0, 0.05) is 19.0 Å². The van der Waals surface area contributed by atoms with Gasteiger partial charge in [0.15, 0.2) is 0 Å². The summed E-state index contributed by atoms with van der Waals surface area (Å²) in [5.74, 6) is 1.53. The molecule has 1 saturated heterocycles. The molecule has 0 bridgehead atoms. The molecule has 0 saturated carbocycles. The van der Waals surface area contributed by atoms with Gasteiger partial charge in [0.05, 0.1) is 0 Å². The smallest absolute Gasteiger partial charge is 0.410 e. The van der Waals surface area contributed by atoms with E-state index in [4.69, 9.17) is 9.16 Å². The Bertz CT molecular complexity index is 576. The van der Waals surface area contributed by atoms with E-state index in [1.54, 1.807) is 0 Å². The van der Waals surface area contributed by atoms with Crippen LogP contribution in [0.3, 0.4) is 0 Å². The third kappa shape index (κ3) is 4.73. The minimum atomic E-state index is -1.65. The lowest BCUT2D eigenvalue weighted by Crippen LogP contribution is -2.44. The molecule has 148 valence electrons. The Balaban J connectivity index is 2.08. The van der Waals surface area contributed by atoms with Crippen LogP contribution in [0.5, 0.6) is 0 Å². The molecule has 0 N–H and O–H groups in total. The number of amides is 1. The van der Waals surface area contributed by atoms with Crippen LogP contribution < -0.4 is 0 Å². The number of hydrogen-bond acceptors (Lipinski definition) is 3. The molecule has 1 amide bonds. The number of ether oxygens (including phenoxy) is 1.